The molecule has 0 saturated heterocycles. The van der Waals surface area contributed by atoms with Crippen LogP contribution >= 0.6 is 0 Å². The van der Waals surface area contributed by atoms with Crippen LogP contribution in [-0.2, 0) is 10.0 Å². The van der Waals surface area contributed by atoms with Gasteiger partial charge in [-0.3, -0.25) is 14.3 Å². The first-order chi connectivity index (χ1) is 16.2. The quantitative estimate of drug-likeness (QED) is 0.377. The monoisotopic (exact) mass is 475 g/mol. The van der Waals surface area contributed by atoms with Gasteiger partial charge in [-0.25, -0.2) is 13.1 Å². The molecule has 0 bridgehead atoms. The Labute approximate surface area is 196 Å². The lowest BCUT2D eigenvalue weighted by Crippen LogP contribution is -2.15. The highest BCUT2D eigenvalue weighted by Crippen LogP contribution is 2.19. The first-order valence-electron chi connectivity index (χ1n) is 10.2. The molecule has 3 aromatic carbocycles. The van der Waals surface area contributed by atoms with E-state index in [-0.39, 0.29) is 10.6 Å². The number of aryl methyl sites for hydroxylation is 1. The second-order valence-corrected chi connectivity index (χ2v) is 9.19. The minimum atomic E-state index is -3.78. The van der Waals surface area contributed by atoms with Crippen molar-refractivity contribution in [2.24, 2.45) is 5.73 Å². The Hall–Kier alpha value is -4.44. The number of carbonyl (C=O) groups excluding carboxylic acids is 2. The summed E-state index contributed by atoms with van der Waals surface area (Å²) in [7, 11) is -3.78. The van der Waals surface area contributed by atoms with Gasteiger partial charge < -0.3 is 11.1 Å². The van der Waals surface area contributed by atoms with Crippen LogP contribution in [0.25, 0.3) is 5.69 Å². The van der Waals surface area contributed by atoms with Crippen LogP contribution in [0.1, 0.15) is 26.4 Å². The molecule has 0 aliphatic heterocycles. The van der Waals surface area contributed by atoms with E-state index in [1.807, 2.05) is 19.1 Å². The van der Waals surface area contributed by atoms with E-state index in [1.165, 1.54) is 35.0 Å². The van der Waals surface area contributed by atoms with Crippen LogP contribution in [0, 0.1) is 6.92 Å². The van der Waals surface area contributed by atoms with Crippen LogP contribution in [-0.4, -0.2) is 30.0 Å². The van der Waals surface area contributed by atoms with Crippen LogP contribution in [0.5, 0.6) is 0 Å². The minimum Gasteiger partial charge on any atom is -0.364 e. The molecule has 0 unspecified atom stereocenters. The third-order valence-electron chi connectivity index (χ3n) is 4.96. The topological polar surface area (TPSA) is 136 Å². The summed E-state index contributed by atoms with van der Waals surface area (Å²) in [5, 5.41) is 6.83. The highest BCUT2D eigenvalue weighted by Gasteiger charge is 2.15. The molecular weight excluding hydrogens is 454 g/mol. The van der Waals surface area contributed by atoms with Gasteiger partial charge >= 0.3 is 0 Å². The zero-order valence-electron chi connectivity index (χ0n) is 18.1. The summed E-state index contributed by atoms with van der Waals surface area (Å²) in [4.78, 5) is 23.8. The van der Waals surface area contributed by atoms with Crippen molar-refractivity contribution in [3.63, 3.8) is 0 Å². The van der Waals surface area contributed by atoms with Gasteiger partial charge in [-0.2, -0.15) is 5.10 Å². The maximum atomic E-state index is 12.6. The van der Waals surface area contributed by atoms with Crippen molar-refractivity contribution in [1.82, 2.24) is 9.78 Å². The van der Waals surface area contributed by atoms with E-state index in [2.05, 4.69) is 15.1 Å². The van der Waals surface area contributed by atoms with E-state index < -0.39 is 21.8 Å². The van der Waals surface area contributed by atoms with Gasteiger partial charge in [-0.1, -0.05) is 17.7 Å². The summed E-state index contributed by atoms with van der Waals surface area (Å²) in [5.41, 5.74) is 8.36. The Kier molecular flexibility index (Phi) is 6.15. The fourth-order valence-corrected chi connectivity index (χ4v) is 4.18. The van der Waals surface area contributed by atoms with Crippen molar-refractivity contribution in [3.05, 3.63) is 102 Å². The molecule has 9 nitrogen and oxygen atoms in total. The van der Waals surface area contributed by atoms with Crippen LogP contribution in [0.2, 0.25) is 0 Å². The fourth-order valence-electron chi connectivity index (χ4n) is 3.12. The van der Waals surface area contributed by atoms with E-state index in [1.54, 1.807) is 42.6 Å². The molecule has 172 valence electrons. The van der Waals surface area contributed by atoms with Crippen LogP contribution in [0.4, 0.5) is 11.4 Å². The molecule has 4 aromatic rings. The molecule has 0 fully saturated rings. The number of hydrogen-bond acceptors (Lipinski definition) is 5. The molecule has 0 radical (unpaired) electrons. The van der Waals surface area contributed by atoms with E-state index >= 15 is 0 Å². The number of rotatable bonds is 7. The molecule has 4 rings (SSSR count). The number of sulfonamides is 1. The molecule has 10 heteroatoms. The third kappa shape index (κ3) is 5.13. The number of nitrogens with zero attached hydrogens (tertiary/aromatic N) is 2. The highest BCUT2D eigenvalue weighted by molar-refractivity contribution is 7.92. The zero-order valence-corrected chi connectivity index (χ0v) is 18.9. The molecule has 4 N–H and O–H groups in total. The van der Waals surface area contributed by atoms with Crippen LogP contribution < -0.4 is 15.8 Å². The Bertz CT molecular complexity index is 1440. The lowest BCUT2D eigenvalue weighted by atomic mass is 10.2. The van der Waals surface area contributed by atoms with Crippen LogP contribution in [0.15, 0.2) is 90.0 Å². The Morgan fingerprint density at radius 2 is 1.47 bits per heavy atom. The second-order valence-electron chi connectivity index (χ2n) is 7.51. The predicted octanol–water partition coefficient (Wildman–Crippen LogP) is 3.33. The third-order valence-corrected chi connectivity index (χ3v) is 6.36. The summed E-state index contributed by atoms with van der Waals surface area (Å²) in [6.45, 7) is 1.91. The van der Waals surface area contributed by atoms with Gasteiger partial charge in [0.25, 0.3) is 21.8 Å². The number of carbonyl (C=O) groups is 2. The van der Waals surface area contributed by atoms with Crippen molar-refractivity contribution >= 4 is 33.2 Å². The number of anilines is 2. The molecule has 34 heavy (non-hydrogen) atoms. The Morgan fingerprint density at radius 3 is 2.06 bits per heavy atom. The SMILES string of the molecule is Cc1ccc(NS(=O)(=O)c2ccc(C(=O)Nc3ccc(-n4ccc(C(N)=O)n4)cc3)cc2)cc1. The van der Waals surface area contributed by atoms with E-state index in [9.17, 15) is 18.0 Å². The first kappa shape index (κ1) is 22.7. The number of nitrogens with one attached hydrogen (secondary N) is 2. The zero-order chi connectivity index (χ0) is 24.3. The molecule has 0 spiro atoms. The Balaban J connectivity index is 1.42. The van der Waals surface area contributed by atoms with Crippen molar-refractivity contribution in [2.75, 3.05) is 10.0 Å². The summed E-state index contributed by atoms with van der Waals surface area (Å²) in [6, 6.07) is 21.0. The first-order valence-corrected chi connectivity index (χ1v) is 11.7. The van der Waals surface area contributed by atoms with Crippen LogP contribution in [0.3, 0.4) is 0 Å². The molecule has 2 amide bonds. The maximum absolute atomic E-state index is 12.6. The number of primary amides is 1. The van der Waals surface area contributed by atoms with E-state index in [0.29, 0.717) is 22.6 Å². The van der Waals surface area contributed by atoms with Crippen molar-refractivity contribution in [1.29, 1.82) is 0 Å². The smallest absolute Gasteiger partial charge is 0.269 e. The number of amides is 2. The predicted molar refractivity (Wildman–Crippen MR) is 128 cm³/mol. The van der Waals surface area contributed by atoms with Gasteiger partial charge in [0.05, 0.1) is 10.6 Å². The number of nitrogens with two attached hydrogens (primary N) is 1. The van der Waals surface area contributed by atoms with Gasteiger partial charge in [0.2, 0.25) is 0 Å². The molecule has 1 heterocycles. The van der Waals surface area contributed by atoms with Gasteiger partial charge in [0.15, 0.2) is 0 Å². The summed E-state index contributed by atoms with van der Waals surface area (Å²) >= 11 is 0. The average Bonchev–Trinajstić information content (AvgIpc) is 3.32. The van der Waals surface area contributed by atoms with Gasteiger partial charge in [-0.05, 0) is 73.7 Å². The van der Waals surface area contributed by atoms with Gasteiger partial charge in [0, 0.05) is 23.1 Å². The van der Waals surface area contributed by atoms with Crippen molar-refractivity contribution < 1.29 is 18.0 Å². The van der Waals surface area contributed by atoms with Gasteiger partial charge in [-0.15, -0.1) is 0 Å². The fraction of sp³-hybridized carbons (Fsp3) is 0.0417. The molecule has 0 aliphatic carbocycles. The molecular formula is C24H21N5O4S. The number of aromatic nitrogens is 2. The Morgan fingerprint density at radius 1 is 0.853 bits per heavy atom. The molecule has 1 aromatic heterocycles. The second kappa shape index (κ2) is 9.20. The average molecular weight is 476 g/mol. The minimum absolute atomic E-state index is 0.0449. The lowest BCUT2D eigenvalue weighted by Gasteiger charge is -2.10. The summed E-state index contributed by atoms with van der Waals surface area (Å²) in [6.07, 6.45) is 1.61. The maximum Gasteiger partial charge on any atom is 0.269 e. The standard InChI is InChI=1S/C24H21N5O4S/c1-16-2-6-19(7-3-16)28-34(32,33)21-12-4-17(5-13-21)24(31)26-18-8-10-20(11-9-18)29-15-14-22(27-29)23(25)30/h2-15,28H,1H3,(H2,25,30)(H,26,31). The van der Waals surface area contributed by atoms with Crippen molar-refractivity contribution in [3.8, 4) is 5.69 Å². The molecule has 0 atom stereocenters. The highest BCUT2D eigenvalue weighted by atomic mass is 32.2. The molecule has 0 saturated carbocycles. The van der Waals surface area contributed by atoms with Crippen molar-refractivity contribution in [2.45, 2.75) is 11.8 Å². The number of benzene rings is 3. The van der Waals surface area contributed by atoms with Gasteiger partial charge in [0.1, 0.15) is 5.69 Å². The normalized spacial score (nSPS) is 11.1. The lowest BCUT2D eigenvalue weighted by molar-refractivity contribution is 0.0993. The summed E-state index contributed by atoms with van der Waals surface area (Å²) in [5.74, 6) is -1.01. The number of hydrogen-bond donors (Lipinski definition) is 3. The molecule has 0 aliphatic rings. The largest absolute Gasteiger partial charge is 0.364 e. The van der Waals surface area contributed by atoms with E-state index in [0.717, 1.165) is 5.56 Å². The summed E-state index contributed by atoms with van der Waals surface area (Å²) < 4.78 is 29.2. The van der Waals surface area contributed by atoms with E-state index in [4.69, 9.17) is 5.73 Å².